The number of anilines is 1. The highest BCUT2D eigenvalue weighted by molar-refractivity contribution is 6.31. The third-order valence-electron chi connectivity index (χ3n) is 4.14. The molecular formula is C23H22ClN3O3. The molecule has 0 radical (unpaired) electrons. The van der Waals surface area contributed by atoms with Gasteiger partial charge < -0.3 is 15.2 Å². The largest absolute Gasteiger partial charge is 0.490 e. The molecule has 154 valence electrons. The molecule has 0 spiro atoms. The predicted molar refractivity (Wildman–Crippen MR) is 119 cm³/mol. The number of hydrogen-bond donors (Lipinski definition) is 2. The first kappa shape index (κ1) is 21.2. The number of nitrogens with two attached hydrogens (primary N) is 1. The number of hydrogen-bond acceptors (Lipinski definition) is 5. The lowest BCUT2D eigenvalue weighted by atomic mass is 10.2. The van der Waals surface area contributed by atoms with Crippen LogP contribution in [0.1, 0.15) is 28.4 Å². The van der Waals surface area contributed by atoms with Gasteiger partial charge in [-0.25, -0.2) is 5.43 Å². The monoisotopic (exact) mass is 423 g/mol. The van der Waals surface area contributed by atoms with Crippen LogP contribution in [0, 0.1) is 0 Å². The minimum Gasteiger partial charge on any atom is -0.490 e. The van der Waals surface area contributed by atoms with Crippen LogP contribution in [0.2, 0.25) is 5.02 Å². The average molecular weight is 424 g/mol. The number of halogens is 1. The Bertz CT molecular complexity index is 1050. The van der Waals surface area contributed by atoms with Gasteiger partial charge in [0.25, 0.3) is 5.91 Å². The Morgan fingerprint density at radius 3 is 2.67 bits per heavy atom. The highest BCUT2D eigenvalue weighted by atomic mass is 35.5. The van der Waals surface area contributed by atoms with Gasteiger partial charge in [0.1, 0.15) is 6.61 Å². The molecule has 3 rings (SSSR count). The average Bonchev–Trinajstić information content (AvgIpc) is 2.74. The third kappa shape index (κ3) is 5.75. The van der Waals surface area contributed by atoms with Crippen LogP contribution in [-0.2, 0) is 6.61 Å². The lowest BCUT2D eigenvalue weighted by Crippen LogP contribution is -2.17. The Labute approximate surface area is 180 Å². The standard InChI is InChI=1S/C23H22ClN3O3/c1-2-29-22-12-16(14-26-27-23(28)17-7-5-8-19(25)13-17)10-11-21(22)30-15-18-6-3-4-9-20(18)24/h3-14H,2,15,25H2,1H3,(H,27,28)/b26-14-. The summed E-state index contributed by atoms with van der Waals surface area (Å²) >= 11 is 6.18. The molecule has 0 bridgehead atoms. The smallest absolute Gasteiger partial charge is 0.271 e. The molecule has 0 aliphatic heterocycles. The number of benzene rings is 3. The lowest BCUT2D eigenvalue weighted by molar-refractivity contribution is 0.0955. The van der Waals surface area contributed by atoms with E-state index in [1.54, 1.807) is 36.4 Å². The van der Waals surface area contributed by atoms with Crippen LogP contribution >= 0.6 is 11.6 Å². The molecule has 0 aliphatic carbocycles. The number of ether oxygens (including phenoxy) is 2. The molecule has 0 saturated carbocycles. The van der Waals surface area contributed by atoms with E-state index in [0.717, 1.165) is 11.1 Å². The number of nitrogens with one attached hydrogen (secondary N) is 1. The van der Waals surface area contributed by atoms with E-state index in [4.69, 9.17) is 26.8 Å². The van der Waals surface area contributed by atoms with E-state index >= 15 is 0 Å². The maximum atomic E-state index is 12.1. The summed E-state index contributed by atoms with van der Waals surface area (Å²) in [6, 6.07) is 19.6. The van der Waals surface area contributed by atoms with Crippen molar-refractivity contribution in [1.82, 2.24) is 5.43 Å². The number of nitrogens with zero attached hydrogens (tertiary/aromatic N) is 1. The summed E-state index contributed by atoms with van der Waals surface area (Å²) in [7, 11) is 0. The molecule has 3 aromatic rings. The zero-order chi connectivity index (χ0) is 21.3. The van der Waals surface area contributed by atoms with Crippen molar-refractivity contribution in [2.45, 2.75) is 13.5 Å². The summed E-state index contributed by atoms with van der Waals surface area (Å²) in [6.45, 7) is 2.70. The Balaban J connectivity index is 1.67. The summed E-state index contributed by atoms with van der Waals surface area (Å²) in [5.74, 6) is 0.830. The van der Waals surface area contributed by atoms with Crippen LogP contribution in [0.4, 0.5) is 5.69 Å². The SMILES string of the molecule is CCOc1cc(/C=N\NC(=O)c2cccc(N)c2)ccc1OCc1ccccc1Cl. The molecule has 3 aromatic carbocycles. The molecule has 6 nitrogen and oxygen atoms in total. The van der Waals surface area contributed by atoms with Crippen LogP contribution in [0.25, 0.3) is 0 Å². The maximum absolute atomic E-state index is 12.1. The van der Waals surface area contributed by atoms with Crippen LogP contribution in [0.15, 0.2) is 71.8 Å². The minimum absolute atomic E-state index is 0.323. The number of amides is 1. The first-order valence-corrected chi connectivity index (χ1v) is 9.76. The molecule has 0 heterocycles. The van der Waals surface area contributed by atoms with Crippen molar-refractivity contribution in [1.29, 1.82) is 0 Å². The second-order valence-electron chi connectivity index (χ2n) is 6.34. The lowest BCUT2D eigenvalue weighted by Gasteiger charge is -2.13. The molecule has 0 aliphatic rings. The molecule has 0 fully saturated rings. The molecule has 0 unspecified atom stereocenters. The van der Waals surface area contributed by atoms with Crippen LogP contribution < -0.4 is 20.6 Å². The van der Waals surface area contributed by atoms with Crippen LogP contribution in [0.5, 0.6) is 11.5 Å². The van der Waals surface area contributed by atoms with E-state index in [0.29, 0.717) is 41.0 Å². The van der Waals surface area contributed by atoms with Crippen molar-refractivity contribution in [3.63, 3.8) is 0 Å². The highest BCUT2D eigenvalue weighted by Gasteiger charge is 2.08. The minimum atomic E-state index is -0.344. The Morgan fingerprint density at radius 1 is 1.07 bits per heavy atom. The van der Waals surface area contributed by atoms with Gasteiger partial charge in [-0.2, -0.15) is 5.10 Å². The van der Waals surface area contributed by atoms with Gasteiger partial charge in [0.2, 0.25) is 0 Å². The summed E-state index contributed by atoms with van der Waals surface area (Å²) in [4.78, 5) is 12.1. The summed E-state index contributed by atoms with van der Waals surface area (Å²) in [5, 5.41) is 4.65. The fraction of sp³-hybridized carbons (Fsp3) is 0.130. The van der Waals surface area contributed by atoms with E-state index < -0.39 is 0 Å². The van der Waals surface area contributed by atoms with Gasteiger partial charge in [0, 0.05) is 21.8 Å². The van der Waals surface area contributed by atoms with Gasteiger partial charge in [-0.15, -0.1) is 0 Å². The molecule has 0 atom stereocenters. The Kier molecular flexibility index (Phi) is 7.29. The first-order valence-electron chi connectivity index (χ1n) is 9.39. The number of nitrogen functional groups attached to an aromatic ring is 1. The quantitative estimate of drug-likeness (QED) is 0.313. The number of hydrazone groups is 1. The number of carbonyl (C=O) groups excluding carboxylic acids is 1. The fourth-order valence-corrected chi connectivity index (χ4v) is 2.86. The summed E-state index contributed by atoms with van der Waals surface area (Å²) in [5.41, 5.74) is 10.8. The first-order chi connectivity index (χ1) is 14.6. The van der Waals surface area contributed by atoms with Gasteiger partial charge in [-0.1, -0.05) is 35.9 Å². The van der Waals surface area contributed by atoms with Crippen molar-refractivity contribution >= 4 is 29.4 Å². The summed E-state index contributed by atoms with van der Waals surface area (Å²) < 4.78 is 11.6. The van der Waals surface area contributed by atoms with Gasteiger partial charge in [-0.05, 0) is 55.0 Å². The topological polar surface area (TPSA) is 85.9 Å². The van der Waals surface area contributed by atoms with E-state index in [2.05, 4.69) is 10.5 Å². The predicted octanol–water partition coefficient (Wildman–Crippen LogP) is 4.66. The van der Waals surface area contributed by atoms with E-state index in [-0.39, 0.29) is 5.91 Å². The second-order valence-corrected chi connectivity index (χ2v) is 6.75. The Morgan fingerprint density at radius 2 is 1.90 bits per heavy atom. The molecule has 30 heavy (non-hydrogen) atoms. The van der Waals surface area contributed by atoms with Crippen molar-refractivity contribution in [3.05, 3.63) is 88.4 Å². The summed E-state index contributed by atoms with van der Waals surface area (Å²) in [6.07, 6.45) is 1.53. The van der Waals surface area contributed by atoms with E-state index in [1.165, 1.54) is 6.21 Å². The molecule has 7 heteroatoms. The van der Waals surface area contributed by atoms with Gasteiger partial charge in [0.05, 0.1) is 12.8 Å². The van der Waals surface area contributed by atoms with Crippen molar-refractivity contribution < 1.29 is 14.3 Å². The zero-order valence-corrected chi connectivity index (χ0v) is 17.2. The molecule has 0 saturated heterocycles. The third-order valence-corrected chi connectivity index (χ3v) is 4.51. The number of carbonyl (C=O) groups is 1. The van der Waals surface area contributed by atoms with Crippen LogP contribution in [-0.4, -0.2) is 18.7 Å². The van der Waals surface area contributed by atoms with E-state index in [9.17, 15) is 4.79 Å². The molecule has 1 amide bonds. The maximum Gasteiger partial charge on any atom is 0.271 e. The van der Waals surface area contributed by atoms with Crippen molar-refractivity contribution in [3.8, 4) is 11.5 Å². The van der Waals surface area contributed by atoms with E-state index in [1.807, 2.05) is 37.3 Å². The van der Waals surface area contributed by atoms with Gasteiger partial charge >= 0.3 is 0 Å². The normalized spacial score (nSPS) is 10.7. The van der Waals surface area contributed by atoms with Gasteiger partial charge in [0.15, 0.2) is 11.5 Å². The Hall–Kier alpha value is -3.51. The molecule has 0 aromatic heterocycles. The zero-order valence-electron chi connectivity index (χ0n) is 16.5. The highest BCUT2D eigenvalue weighted by Crippen LogP contribution is 2.29. The van der Waals surface area contributed by atoms with Crippen molar-refractivity contribution in [2.24, 2.45) is 5.10 Å². The molecular weight excluding hydrogens is 402 g/mol. The fourth-order valence-electron chi connectivity index (χ4n) is 2.67. The molecule has 3 N–H and O–H groups in total. The van der Waals surface area contributed by atoms with Gasteiger partial charge in [-0.3, -0.25) is 4.79 Å². The van der Waals surface area contributed by atoms with Crippen LogP contribution in [0.3, 0.4) is 0 Å². The second kappa shape index (κ2) is 10.3. The number of rotatable bonds is 8. The van der Waals surface area contributed by atoms with Crippen molar-refractivity contribution in [2.75, 3.05) is 12.3 Å².